The SMILES string of the molecule is CCCNc1nc(Nc2ccc(C(N)=O)cc2)ncc1C(=O)NCCCNC(=O)[C@H](C)N(C)C(=O)C=CCN(C)C. The molecule has 0 saturated carbocycles. The lowest BCUT2D eigenvalue weighted by Crippen LogP contribution is -2.46. The highest BCUT2D eigenvalue weighted by Gasteiger charge is 2.20. The number of hydrogen-bond acceptors (Lipinski definition) is 9. The molecule has 0 radical (unpaired) electrons. The van der Waals surface area contributed by atoms with Crippen LogP contribution in [-0.4, -0.2) is 96.8 Å². The average molecular weight is 568 g/mol. The zero-order valence-electron chi connectivity index (χ0n) is 24.4. The Balaban J connectivity index is 1.88. The van der Waals surface area contributed by atoms with Gasteiger partial charge in [-0.2, -0.15) is 4.98 Å². The van der Waals surface area contributed by atoms with Crippen molar-refractivity contribution in [3.05, 3.63) is 53.7 Å². The van der Waals surface area contributed by atoms with Crippen LogP contribution in [0.25, 0.3) is 0 Å². The number of nitrogens with one attached hydrogen (secondary N) is 4. The Morgan fingerprint density at radius 3 is 2.34 bits per heavy atom. The number of aromatic nitrogens is 2. The van der Waals surface area contributed by atoms with Gasteiger partial charge in [-0.3, -0.25) is 19.2 Å². The van der Waals surface area contributed by atoms with Gasteiger partial charge in [0.15, 0.2) is 0 Å². The fraction of sp³-hybridized carbons (Fsp3) is 0.429. The standard InChI is InChI=1S/C28H41N9O4/c1-6-14-30-25-22(18-33-28(35-25)34-21-12-10-20(11-13-21)24(29)39)27(41)32-16-8-15-31-26(40)19(2)37(5)23(38)9-7-17-36(3)4/h7,9-13,18-19H,6,8,14-17H2,1-5H3,(H2,29,39)(H,31,40)(H,32,41)(H2,30,33,34,35)/t19-/m0/s1. The van der Waals surface area contributed by atoms with E-state index >= 15 is 0 Å². The van der Waals surface area contributed by atoms with E-state index in [0.29, 0.717) is 49.7 Å². The molecule has 0 aliphatic carbocycles. The van der Waals surface area contributed by atoms with Crippen LogP contribution in [0.5, 0.6) is 0 Å². The molecule has 0 unspecified atom stereocenters. The van der Waals surface area contributed by atoms with Crippen molar-refractivity contribution in [2.75, 3.05) is 58.0 Å². The van der Waals surface area contributed by atoms with Gasteiger partial charge >= 0.3 is 0 Å². The summed E-state index contributed by atoms with van der Waals surface area (Å²) < 4.78 is 0. The van der Waals surface area contributed by atoms with E-state index in [-0.39, 0.29) is 29.2 Å². The summed E-state index contributed by atoms with van der Waals surface area (Å²) in [5.41, 5.74) is 6.60. The van der Waals surface area contributed by atoms with Gasteiger partial charge in [-0.15, -0.1) is 0 Å². The Hall–Kier alpha value is -4.52. The van der Waals surface area contributed by atoms with Crippen LogP contribution in [-0.2, 0) is 9.59 Å². The molecule has 1 atom stereocenters. The highest BCUT2D eigenvalue weighted by atomic mass is 16.2. The smallest absolute Gasteiger partial charge is 0.256 e. The van der Waals surface area contributed by atoms with Crippen molar-refractivity contribution in [3.63, 3.8) is 0 Å². The van der Waals surface area contributed by atoms with E-state index in [2.05, 4.69) is 31.2 Å². The molecule has 41 heavy (non-hydrogen) atoms. The second-order valence-electron chi connectivity index (χ2n) is 9.64. The lowest BCUT2D eigenvalue weighted by Gasteiger charge is -2.23. The minimum atomic E-state index is -0.640. The van der Waals surface area contributed by atoms with Gasteiger partial charge in [0.05, 0.1) is 0 Å². The third-order valence-electron chi connectivity index (χ3n) is 5.98. The number of carbonyl (C=O) groups excluding carboxylic acids is 4. The summed E-state index contributed by atoms with van der Waals surface area (Å²) in [5, 5.41) is 11.8. The first-order chi connectivity index (χ1) is 19.5. The van der Waals surface area contributed by atoms with E-state index in [4.69, 9.17) is 5.73 Å². The molecule has 4 amide bonds. The fourth-order valence-corrected chi connectivity index (χ4v) is 3.43. The van der Waals surface area contributed by atoms with Gasteiger partial charge in [-0.25, -0.2) is 4.98 Å². The first-order valence-electron chi connectivity index (χ1n) is 13.4. The fourth-order valence-electron chi connectivity index (χ4n) is 3.43. The second-order valence-corrected chi connectivity index (χ2v) is 9.64. The van der Waals surface area contributed by atoms with Crippen molar-refractivity contribution in [1.29, 1.82) is 0 Å². The lowest BCUT2D eigenvalue weighted by molar-refractivity contribution is -0.135. The monoisotopic (exact) mass is 567 g/mol. The number of likely N-dealkylation sites (N-methyl/N-ethyl adjacent to an activating group) is 2. The van der Waals surface area contributed by atoms with Crippen molar-refractivity contribution >= 4 is 41.1 Å². The summed E-state index contributed by atoms with van der Waals surface area (Å²) in [5.74, 6) is -0.741. The van der Waals surface area contributed by atoms with Gasteiger partial charge in [-0.1, -0.05) is 13.0 Å². The summed E-state index contributed by atoms with van der Waals surface area (Å²) in [6, 6.07) is 5.91. The maximum Gasteiger partial charge on any atom is 0.256 e. The van der Waals surface area contributed by atoms with Crippen LogP contribution in [0, 0.1) is 0 Å². The molecule has 1 heterocycles. The number of benzene rings is 1. The molecular weight excluding hydrogens is 526 g/mol. The van der Waals surface area contributed by atoms with Crippen LogP contribution in [0.15, 0.2) is 42.6 Å². The Bertz CT molecular complexity index is 1220. The summed E-state index contributed by atoms with van der Waals surface area (Å²) in [7, 11) is 5.38. The summed E-state index contributed by atoms with van der Waals surface area (Å²) in [4.78, 5) is 60.9. The molecule has 0 aliphatic heterocycles. The van der Waals surface area contributed by atoms with Crippen LogP contribution < -0.4 is 27.0 Å². The summed E-state index contributed by atoms with van der Waals surface area (Å²) in [6.45, 7) is 5.54. The van der Waals surface area contributed by atoms with Crippen molar-refractivity contribution in [3.8, 4) is 0 Å². The van der Waals surface area contributed by atoms with Crippen LogP contribution >= 0.6 is 0 Å². The first-order valence-corrected chi connectivity index (χ1v) is 13.4. The Labute approximate surface area is 241 Å². The zero-order chi connectivity index (χ0) is 30.4. The average Bonchev–Trinajstić information content (AvgIpc) is 2.94. The van der Waals surface area contributed by atoms with Crippen molar-refractivity contribution in [1.82, 2.24) is 30.4 Å². The highest BCUT2D eigenvalue weighted by molar-refractivity contribution is 5.98. The number of carbonyl (C=O) groups is 4. The van der Waals surface area contributed by atoms with E-state index in [1.54, 1.807) is 44.3 Å². The quantitative estimate of drug-likeness (QED) is 0.148. The van der Waals surface area contributed by atoms with Crippen molar-refractivity contribution < 1.29 is 19.2 Å². The predicted octanol–water partition coefficient (Wildman–Crippen LogP) is 1.34. The Kier molecular flexibility index (Phi) is 13.2. The highest BCUT2D eigenvalue weighted by Crippen LogP contribution is 2.18. The van der Waals surface area contributed by atoms with Gasteiger partial charge in [-0.05, 0) is 58.1 Å². The maximum atomic E-state index is 12.9. The molecule has 0 aliphatic rings. The normalized spacial score (nSPS) is 11.7. The van der Waals surface area contributed by atoms with Gasteiger partial charge in [0.25, 0.3) is 5.91 Å². The van der Waals surface area contributed by atoms with Crippen LogP contribution in [0.4, 0.5) is 17.5 Å². The molecule has 13 nitrogen and oxygen atoms in total. The van der Waals surface area contributed by atoms with Crippen molar-refractivity contribution in [2.24, 2.45) is 5.73 Å². The molecule has 6 N–H and O–H groups in total. The van der Waals surface area contributed by atoms with Crippen molar-refractivity contribution in [2.45, 2.75) is 32.7 Å². The number of nitrogens with two attached hydrogens (primary N) is 1. The molecule has 0 spiro atoms. The van der Waals surface area contributed by atoms with E-state index < -0.39 is 11.9 Å². The maximum absolute atomic E-state index is 12.9. The molecule has 222 valence electrons. The minimum Gasteiger partial charge on any atom is -0.369 e. The molecule has 13 heteroatoms. The van der Waals surface area contributed by atoms with Gasteiger partial charge in [0.2, 0.25) is 23.7 Å². The van der Waals surface area contributed by atoms with Gasteiger partial charge in [0, 0.05) is 56.8 Å². The number of hydrogen-bond donors (Lipinski definition) is 5. The first kappa shape index (κ1) is 32.7. The third kappa shape index (κ3) is 10.9. The number of primary amides is 1. The Morgan fingerprint density at radius 1 is 1.02 bits per heavy atom. The minimum absolute atomic E-state index is 0.251. The molecular formula is C28H41N9O4. The summed E-state index contributed by atoms with van der Waals surface area (Å²) >= 11 is 0. The third-order valence-corrected chi connectivity index (χ3v) is 5.98. The second kappa shape index (κ2) is 16.6. The van der Waals surface area contributed by atoms with Crippen LogP contribution in [0.2, 0.25) is 0 Å². The number of rotatable bonds is 16. The van der Waals surface area contributed by atoms with E-state index in [9.17, 15) is 19.2 Å². The van der Waals surface area contributed by atoms with E-state index in [0.717, 1.165) is 6.42 Å². The molecule has 0 fully saturated rings. The zero-order valence-corrected chi connectivity index (χ0v) is 24.4. The number of anilines is 3. The van der Waals surface area contributed by atoms with E-state index in [1.807, 2.05) is 25.9 Å². The topological polar surface area (TPSA) is 175 Å². The van der Waals surface area contributed by atoms with Gasteiger partial charge in [0.1, 0.15) is 17.4 Å². The predicted molar refractivity (Wildman–Crippen MR) is 159 cm³/mol. The van der Waals surface area contributed by atoms with Crippen LogP contribution in [0.1, 0.15) is 47.4 Å². The lowest BCUT2D eigenvalue weighted by atomic mass is 10.2. The largest absolute Gasteiger partial charge is 0.369 e. The van der Waals surface area contributed by atoms with Crippen LogP contribution in [0.3, 0.4) is 0 Å². The molecule has 1 aromatic heterocycles. The molecule has 2 rings (SSSR count). The van der Waals surface area contributed by atoms with E-state index in [1.165, 1.54) is 17.2 Å². The molecule has 0 saturated heterocycles. The number of nitrogens with zero attached hydrogens (tertiary/aromatic N) is 4. The Morgan fingerprint density at radius 2 is 1.71 bits per heavy atom. The van der Waals surface area contributed by atoms with Gasteiger partial charge < -0.3 is 36.8 Å². The molecule has 2 aromatic rings. The molecule has 1 aromatic carbocycles. The molecule has 0 bridgehead atoms. The number of amides is 4. The summed E-state index contributed by atoms with van der Waals surface area (Å²) in [6.07, 6.45) is 5.95.